The van der Waals surface area contributed by atoms with Gasteiger partial charge in [-0.25, -0.2) is 4.39 Å². The Kier molecular flexibility index (Phi) is 5.85. The fraction of sp³-hybridized carbons (Fsp3) is 0.333. The summed E-state index contributed by atoms with van der Waals surface area (Å²) in [5.74, 6) is -0.0865. The van der Waals surface area contributed by atoms with Gasteiger partial charge in [0.15, 0.2) is 0 Å². The molecule has 2 amide bonds. The molecule has 0 saturated carbocycles. The molecular weight excluding hydrogens is 447 g/mol. The lowest BCUT2D eigenvalue weighted by atomic mass is 9.96. The minimum atomic E-state index is -0.385. The topological polar surface area (TPSA) is 79.5 Å². The van der Waals surface area contributed by atoms with E-state index in [1.54, 1.807) is 46.2 Å². The molecule has 33 heavy (non-hydrogen) atoms. The lowest BCUT2D eigenvalue weighted by Crippen LogP contribution is -2.43. The van der Waals surface area contributed by atoms with E-state index in [0.29, 0.717) is 42.0 Å². The van der Waals surface area contributed by atoms with Crippen LogP contribution in [0.1, 0.15) is 31.1 Å². The summed E-state index contributed by atoms with van der Waals surface area (Å²) in [6, 6.07) is 12.9. The maximum atomic E-state index is 13.2. The van der Waals surface area contributed by atoms with Crippen LogP contribution in [0.4, 0.5) is 10.1 Å². The van der Waals surface area contributed by atoms with E-state index in [-0.39, 0.29) is 35.9 Å². The van der Waals surface area contributed by atoms with Crippen molar-refractivity contribution in [2.24, 2.45) is 5.92 Å². The zero-order valence-corrected chi connectivity index (χ0v) is 18.5. The van der Waals surface area contributed by atoms with Crippen LogP contribution in [0, 0.1) is 11.7 Å². The standard InChI is InChI=1S/C24H22ClFN4O3/c25-18-5-9-20(10-6-18)30-14-17(12-21(30)31)24(32)29-11-1-2-16(13-29)23-28-27-22(33-23)15-3-7-19(26)8-4-15/h3-10,16-17H,1-2,11-14H2. The molecule has 3 heterocycles. The Hall–Kier alpha value is -3.26. The summed E-state index contributed by atoms with van der Waals surface area (Å²) in [5.41, 5.74) is 1.39. The molecule has 0 radical (unpaired) electrons. The van der Waals surface area contributed by atoms with Crippen molar-refractivity contribution in [1.82, 2.24) is 15.1 Å². The zero-order valence-electron chi connectivity index (χ0n) is 17.8. The van der Waals surface area contributed by atoms with Gasteiger partial charge in [-0.05, 0) is 61.4 Å². The Morgan fingerprint density at radius 3 is 2.58 bits per heavy atom. The van der Waals surface area contributed by atoms with Gasteiger partial charge in [-0.15, -0.1) is 10.2 Å². The third-order valence-electron chi connectivity index (χ3n) is 6.23. The SMILES string of the molecule is O=C(C1CC(=O)N(c2ccc(Cl)cc2)C1)N1CCCC(c2nnc(-c3ccc(F)cc3)o2)C1. The molecule has 0 spiro atoms. The number of nitrogens with zero attached hydrogens (tertiary/aromatic N) is 4. The van der Waals surface area contributed by atoms with Crippen LogP contribution in [0.5, 0.6) is 0 Å². The normalized spacial score (nSPS) is 21.0. The Morgan fingerprint density at radius 1 is 1.06 bits per heavy atom. The molecule has 2 atom stereocenters. The van der Waals surface area contributed by atoms with Crippen molar-refractivity contribution in [2.45, 2.75) is 25.2 Å². The first-order valence-electron chi connectivity index (χ1n) is 10.9. The van der Waals surface area contributed by atoms with Crippen molar-refractivity contribution < 1.29 is 18.4 Å². The van der Waals surface area contributed by atoms with Gasteiger partial charge in [0.05, 0.1) is 11.8 Å². The average molecular weight is 469 g/mol. The number of halogens is 2. The van der Waals surface area contributed by atoms with E-state index >= 15 is 0 Å². The number of rotatable bonds is 4. The molecule has 2 saturated heterocycles. The van der Waals surface area contributed by atoms with Crippen molar-refractivity contribution in [2.75, 3.05) is 24.5 Å². The Bertz CT molecular complexity index is 1170. The van der Waals surface area contributed by atoms with Gasteiger partial charge in [0, 0.05) is 42.3 Å². The largest absolute Gasteiger partial charge is 0.420 e. The highest BCUT2D eigenvalue weighted by Gasteiger charge is 2.39. The number of hydrogen-bond acceptors (Lipinski definition) is 5. The number of carbonyl (C=O) groups is 2. The smallest absolute Gasteiger partial charge is 0.247 e. The fourth-order valence-electron chi connectivity index (χ4n) is 4.49. The molecule has 3 aromatic rings. The molecule has 0 N–H and O–H groups in total. The van der Waals surface area contributed by atoms with E-state index in [0.717, 1.165) is 18.5 Å². The van der Waals surface area contributed by atoms with Gasteiger partial charge in [0.1, 0.15) is 5.82 Å². The highest BCUT2D eigenvalue weighted by atomic mass is 35.5. The number of carbonyl (C=O) groups excluding carboxylic acids is 2. The van der Waals surface area contributed by atoms with Crippen molar-refractivity contribution >= 4 is 29.1 Å². The maximum absolute atomic E-state index is 13.2. The lowest BCUT2D eigenvalue weighted by Gasteiger charge is -2.32. The van der Waals surface area contributed by atoms with Crippen LogP contribution in [-0.4, -0.2) is 46.5 Å². The van der Waals surface area contributed by atoms with E-state index in [1.807, 2.05) is 0 Å². The third-order valence-corrected chi connectivity index (χ3v) is 6.48. The summed E-state index contributed by atoms with van der Waals surface area (Å²) < 4.78 is 19.0. The van der Waals surface area contributed by atoms with E-state index in [4.69, 9.17) is 16.0 Å². The molecule has 2 fully saturated rings. The average Bonchev–Trinajstić information content (AvgIpc) is 3.47. The summed E-state index contributed by atoms with van der Waals surface area (Å²) >= 11 is 5.95. The van der Waals surface area contributed by atoms with E-state index in [9.17, 15) is 14.0 Å². The number of amides is 2. The Balaban J connectivity index is 1.25. The predicted octanol–water partition coefficient (Wildman–Crippen LogP) is 4.29. The molecule has 9 heteroatoms. The number of anilines is 1. The van der Waals surface area contributed by atoms with Gasteiger partial charge in [0.25, 0.3) is 0 Å². The summed E-state index contributed by atoms with van der Waals surface area (Å²) in [6.45, 7) is 1.46. The summed E-state index contributed by atoms with van der Waals surface area (Å²) in [4.78, 5) is 29.3. The van der Waals surface area contributed by atoms with Gasteiger partial charge in [-0.3, -0.25) is 9.59 Å². The molecule has 2 aromatic carbocycles. The van der Waals surface area contributed by atoms with Crippen LogP contribution in [0.3, 0.4) is 0 Å². The van der Waals surface area contributed by atoms with Gasteiger partial charge < -0.3 is 14.2 Å². The first-order chi connectivity index (χ1) is 16.0. The van der Waals surface area contributed by atoms with Gasteiger partial charge in [0.2, 0.25) is 23.6 Å². The molecule has 1 aromatic heterocycles. The molecule has 7 nitrogen and oxygen atoms in total. The van der Waals surface area contributed by atoms with Crippen molar-refractivity contribution in [3.05, 3.63) is 65.3 Å². The number of likely N-dealkylation sites (tertiary alicyclic amines) is 1. The minimum absolute atomic E-state index is 0.0252. The number of piperidine rings is 1. The summed E-state index contributed by atoms with van der Waals surface area (Å²) in [5, 5.41) is 8.87. The van der Waals surface area contributed by atoms with Gasteiger partial charge in [-0.1, -0.05) is 11.6 Å². The minimum Gasteiger partial charge on any atom is -0.420 e. The maximum Gasteiger partial charge on any atom is 0.247 e. The van der Waals surface area contributed by atoms with Crippen molar-refractivity contribution in [3.63, 3.8) is 0 Å². The van der Waals surface area contributed by atoms with Crippen molar-refractivity contribution in [3.8, 4) is 11.5 Å². The summed E-state index contributed by atoms with van der Waals surface area (Å²) in [6.07, 6.45) is 1.83. The van der Waals surface area contributed by atoms with Gasteiger partial charge >= 0.3 is 0 Å². The van der Waals surface area contributed by atoms with E-state index in [1.165, 1.54) is 12.1 Å². The second-order valence-corrected chi connectivity index (χ2v) is 8.89. The second-order valence-electron chi connectivity index (χ2n) is 8.46. The zero-order chi connectivity index (χ0) is 22.9. The number of benzene rings is 2. The summed E-state index contributed by atoms with van der Waals surface area (Å²) in [7, 11) is 0. The predicted molar refractivity (Wildman–Crippen MR) is 120 cm³/mol. The number of hydrogen-bond donors (Lipinski definition) is 0. The first-order valence-corrected chi connectivity index (χ1v) is 11.3. The number of aromatic nitrogens is 2. The van der Waals surface area contributed by atoms with Crippen LogP contribution < -0.4 is 4.90 Å². The van der Waals surface area contributed by atoms with Crippen molar-refractivity contribution in [1.29, 1.82) is 0 Å². The Labute approximate surface area is 195 Å². The van der Waals surface area contributed by atoms with Gasteiger partial charge in [-0.2, -0.15) is 0 Å². The van der Waals surface area contributed by atoms with Crippen LogP contribution in [0.15, 0.2) is 52.9 Å². The highest BCUT2D eigenvalue weighted by molar-refractivity contribution is 6.30. The molecule has 170 valence electrons. The second kappa shape index (κ2) is 8.94. The molecule has 2 aliphatic heterocycles. The van der Waals surface area contributed by atoms with Crippen LogP contribution in [-0.2, 0) is 9.59 Å². The van der Waals surface area contributed by atoms with E-state index in [2.05, 4.69) is 10.2 Å². The highest BCUT2D eigenvalue weighted by Crippen LogP contribution is 2.32. The van der Waals surface area contributed by atoms with E-state index < -0.39 is 0 Å². The molecular formula is C24H22ClFN4O3. The molecule has 2 aliphatic rings. The van der Waals surface area contributed by atoms with Crippen LogP contribution >= 0.6 is 11.6 Å². The molecule has 0 bridgehead atoms. The quantitative estimate of drug-likeness (QED) is 0.570. The monoisotopic (exact) mass is 468 g/mol. The van der Waals surface area contributed by atoms with Crippen LogP contribution in [0.2, 0.25) is 5.02 Å². The lowest BCUT2D eigenvalue weighted by molar-refractivity contribution is -0.137. The third kappa shape index (κ3) is 4.48. The first kappa shape index (κ1) is 21.6. The molecule has 2 unspecified atom stereocenters. The fourth-order valence-corrected chi connectivity index (χ4v) is 4.62. The Morgan fingerprint density at radius 2 is 1.82 bits per heavy atom. The van der Waals surface area contributed by atoms with Crippen LogP contribution in [0.25, 0.3) is 11.5 Å². The molecule has 5 rings (SSSR count). The molecule has 0 aliphatic carbocycles.